The molecule has 27 heavy (non-hydrogen) atoms. The molecule has 1 rings (SSSR count). The van der Waals surface area contributed by atoms with Gasteiger partial charge in [0.25, 0.3) is 0 Å². The van der Waals surface area contributed by atoms with E-state index in [2.05, 4.69) is 31.2 Å². The Morgan fingerprint density at radius 2 is 1.78 bits per heavy atom. The molecule has 0 heterocycles. The fraction of sp³-hybridized carbons (Fsp3) is 0.545. The molecule has 0 saturated heterocycles. The van der Waals surface area contributed by atoms with Gasteiger partial charge in [0.15, 0.2) is 0 Å². The number of aliphatic hydroxyl groups is 2. The first-order valence-corrected chi connectivity index (χ1v) is 9.69. The van der Waals surface area contributed by atoms with Crippen molar-refractivity contribution in [1.29, 1.82) is 0 Å². The molecule has 1 aliphatic carbocycles. The van der Waals surface area contributed by atoms with Gasteiger partial charge in [0.2, 0.25) is 0 Å². The summed E-state index contributed by atoms with van der Waals surface area (Å²) in [6.07, 6.45) is 17.4. The molecular formula is C22H32O5. The molecule has 3 N–H and O–H groups in total. The van der Waals surface area contributed by atoms with E-state index in [9.17, 15) is 19.8 Å². The summed E-state index contributed by atoms with van der Waals surface area (Å²) in [5.41, 5.74) is 0. The second kappa shape index (κ2) is 13.2. The van der Waals surface area contributed by atoms with Crippen molar-refractivity contribution in [3.63, 3.8) is 0 Å². The van der Waals surface area contributed by atoms with Gasteiger partial charge in [-0.25, -0.2) is 0 Å². The smallest absolute Gasteiger partial charge is 0.303 e. The Morgan fingerprint density at radius 1 is 1.15 bits per heavy atom. The highest BCUT2D eigenvalue weighted by Gasteiger charge is 2.39. The van der Waals surface area contributed by atoms with Crippen molar-refractivity contribution in [2.75, 3.05) is 0 Å². The first kappa shape index (κ1) is 23.1. The van der Waals surface area contributed by atoms with E-state index in [4.69, 9.17) is 5.11 Å². The van der Waals surface area contributed by atoms with Crippen LogP contribution >= 0.6 is 0 Å². The third kappa shape index (κ3) is 9.50. The second-order valence-electron chi connectivity index (χ2n) is 6.84. The molecule has 0 bridgehead atoms. The average molecular weight is 376 g/mol. The molecule has 5 heteroatoms. The highest BCUT2D eigenvalue weighted by Crippen LogP contribution is 2.33. The highest BCUT2D eigenvalue weighted by molar-refractivity contribution is 5.84. The van der Waals surface area contributed by atoms with Crippen molar-refractivity contribution >= 4 is 11.8 Å². The number of hydrogen-bond donors (Lipinski definition) is 3. The third-order valence-corrected chi connectivity index (χ3v) is 4.61. The maximum Gasteiger partial charge on any atom is 0.303 e. The summed E-state index contributed by atoms with van der Waals surface area (Å²) in [7, 11) is 0. The lowest BCUT2D eigenvalue weighted by molar-refractivity contribution is -0.137. The van der Waals surface area contributed by atoms with E-state index in [0.29, 0.717) is 6.42 Å². The molecule has 1 fully saturated rings. The fourth-order valence-electron chi connectivity index (χ4n) is 3.10. The molecular weight excluding hydrogens is 344 g/mol. The van der Waals surface area contributed by atoms with E-state index in [0.717, 1.165) is 19.3 Å². The van der Waals surface area contributed by atoms with Gasteiger partial charge in [-0.1, -0.05) is 55.5 Å². The van der Waals surface area contributed by atoms with Gasteiger partial charge >= 0.3 is 5.97 Å². The van der Waals surface area contributed by atoms with Crippen LogP contribution in [0.5, 0.6) is 0 Å². The lowest BCUT2D eigenvalue weighted by atomic mass is 9.90. The second-order valence-corrected chi connectivity index (χ2v) is 6.84. The lowest BCUT2D eigenvalue weighted by Crippen LogP contribution is -2.19. The molecule has 1 saturated carbocycles. The van der Waals surface area contributed by atoms with Crippen molar-refractivity contribution in [2.24, 2.45) is 11.8 Å². The maximum atomic E-state index is 12.1. The average Bonchev–Trinajstić information content (AvgIpc) is 2.89. The molecule has 0 aromatic carbocycles. The number of allylic oxidation sites excluding steroid dienone is 6. The Hall–Kier alpha value is -1.98. The van der Waals surface area contributed by atoms with Gasteiger partial charge in [-0.3, -0.25) is 9.59 Å². The highest BCUT2D eigenvalue weighted by atomic mass is 16.4. The summed E-state index contributed by atoms with van der Waals surface area (Å²) < 4.78 is 0. The van der Waals surface area contributed by atoms with Crippen LogP contribution in [0.25, 0.3) is 0 Å². The zero-order chi connectivity index (χ0) is 20.1. The van der Waals surface area contributed by atoms with Crippen LogP contribution in [0.4, 0.5) is 0 Å². The molecule has 0 amide bonds. The van der Waals surface area contributed by atoms with Crippen molar-refractivity contribution in [1.82, 2.24) is 0 Å². The normalized spacial score (nSPS) is 24.9. The van der Waals surface area contributed by atoms with Crippen LogP contribution in [0.15, 0.2) is 48.6 Å². The summed E-state index contributed by atoms with van der Waals surface area (Å²) in [6, 6.07) is 0. The molecule has 0 aromatic heterocycles. The number of carboxylic acid groups (broad SMARTS) is 1. The number of carboxylic acids is 1. The molecule has 1 aliphatic rings. The number of hydrogen-bond acceptors (Lipinski definition) is 4. The van der Waals surface area contributed by atoms with E-state index < -0.39 is 18.2 Å². The van der Waals surface area contributed by atoms with Gasteiger partial charge in [0.1, 0.15) is 5.78 Å². The Labute approximate surface area is 161 Å². The van der Waals surface area contributed by atoms with Crippen LogP contribution in [0.2, 0.25) is 0 Å². The maximum absolute atomic E-state index is 12.1. The standard InChI is InChI=1S/C22H32O5/c1-2-3-4-5-6-7-8-9-10-11-18-19(21(25)16-20(18)24)14-12-17(23)13-15-22(26)27/h3-4,6-7,9-10,12,14,17-19,21,23,25H,2,5,8,11,13,15-16H2,1H3,(H,26,27)/b4-3-,7-6-,10-9-,14-12+/t17-,18-,19+,21+/m1/s1. The fourth-order valence-corrected chi connectivity index (χ4v) is 3.10. The summed E-state index contributed by atoms with van der Waals surface area (Å²) in [5.74, 6) is -1.56. The van der Waals surface area contributed by atoms with Crippen LogP contribution in [0, 0.1) is 11.8 Å². The third-order valence-electron chi connectivity index (χ3n) is 4.61. The number of carbonyl (C=O) groups excluding carboxylic acids is 1. The van der Waals surface area contributed by atoms with Gasteiger partial charge < -0.3 is 15.3 Å². The van der Waals surface area contributed by atoms with E-state index in [1.54, 1.807) is 6.08 Å². The summed E-state index contributed by atoms with van der Waals surface area (Å²) in [5, 5.41) is 28.6. The summed E-state index contributed by atoms with van der Waals surface area (Å²) >= 11 is 0. The van der Waals surface area contributed by atoms with Crippen molar-refractivity contribution in [3.05, 3.63) is 48.6 Å². The van der Waals surface area contributed by atoms with Crippen LogP contribution in [0.3, 0.4) is 0 Å². The van der Waals surface area contributed by atoms with Gasteiger partial charge in [0, 0.05) is 24.7 Å². The molecule has 0 radical (unpaired) electrons. The zero-order valence-electron chi connectivity index (χ0n) is 16.0. The van der Waals surface area contributed by atoms with Gasteiger partial charge in [-0.2, -0.15) is 0 Å². The Kier molecular flexibility index (Phi) is 11.3. The van der Waals surface area contributed by atoms with Crippen LogP contribution in [-0.2, 0) is 9.59 Å². The first-order chi connectivity index (χ1) is 13.0. The lowest BCUT2D eigenvalue weighted by Gasteiger charge is -2.16. The van der Waals surface area contributed by atoms with E-state index in [1.807, 2.05) is 12.2 Å². The SMILES string of the molecule is CC/C=C\C/C=C\C/C=C\C[C@H]1C(=O)C[C@H](O)[C@H]1/C=C/[C@@H](O)CCC(=O)O. The van der Waals surface area contributed by atoms with E-state index in [-0.39, 0.29) is 36.9 Å². The number of Topliss-reactive ketones (excluding diaryl/α,β-unsaturated/α-hetero) is 1. The quantitative estimate of drug-likeness (QED) is 0.453. The minimum absolute atomic E-state index is 0.0297. The van der Waals surface area contributed by atoms with Crippen LogP contribution in [0.1, 0.15) is 51.9 Å². The number of carbonyl (C=O) groups is 2. The van der Waals surface area contributed by atoms with E-state index in [1.165, 1.54) is 6.08 Å². The van der Waals surface area contributed by atoms with Crippen molar-refractivity contribution in [3.8, 4) is 0 Å². The predicted molar refractivity (Wildman–Crippen MR) is 106 cm³/mol. The topological polar surface area (TPSA) is 94.8 Å². The predicted octanol–water partition coefficient (Wildman–Crippen LogP) is 3.58. The number of rotatable bonds is 12. The Balaban J connectivity index is 2.48. The first-order valence-electron chi connectivity index (χ1n) is 9.69. The number of ketones is 1. The minimum atomic E-state index is -0.961. The molecule has 4 atom stereocenters. The monoisotopic (exact) mass is 376 g/mol. The largest absolute Gasteiger partial charge is 0.481 e. The molecule has 0 unspecified atom stereocenters. The van der Waals surface area contributed by atoms with Crippen LogP contribution < -0.4 is 0 Å². The van der Waals surface area contributed by atoms with Gasteiger partial charge in [-0.05, 0) is 32.1 Å². The molecule has 0 spiro atoms. The van der Waals surface area contributed by atoms with Crippen LogP contribution in [-0.4, -0.2) is 39.3 Å². The zero-order valence-corrected chi connectivity index (χ0v) is 16.0. The Bertz CT molecular complexity index is 573. The van der Waals surface area contributed by atoms with Crippen molar-refractivity contribution < 1.29 is 24.9 Å². The molecule has 0 aliphatic heterocycles. The molecule has 0 aromatic rings. The molecule has 5 nitrogen and oxygen atoms in total. The van der Waals surface area contributed by atoms with Gasteiger partial charge in [0.05, 0.1) is 12.2 Å². The Morgan fingerprint density at radius 3 is 2.41 bits per heavy atom. The van der Waals surface area contributed by atoms with E-state index >= 15 is 0 Å². The number of aliphatic hydroxyl groups excluding tert-OH is 2. The van der Waals surface area contributed by atoms with Crippen molar-refractivity contribution in [2.45, 2.75) is 64.1 Å². The summed E-state index contributed by atoms with van der Waals surface area (Å²) in [4.78, 5) is 22.7. The summed E-state index contributed by atoms with van der Waals surface area (Å²) in [6.45, 7) is 2.10. The molecule has 150 valence electrons. The van der Waals surface area contributed by atoms with Gasteiger partial charge in [-0.15, -0.1) is 0 Å². The number of aliphatic carboxylic acids is 1. The minimum Gasteiger partial charge on any atom is -0.481 e.